The standard InChI is InChI=1S/C28H23N5.2ClH/c29-28(11-4-12-28)23-9-7-20(8-10-23)27-24(19-5-2-1-3-6-19)13-21-14-25(32-17-26(21)33-27)22-15-30-18-31-16-22;;/h1-3,5-10,13-18H,4,11-12,29H2;2*1H. The molecule has 5 nitrogen and oxygen atoms in total. The zero-order valence-corrected chi connectivity index (χ0v) is 20.6. The normalized spacial score (nSPS) is 13.9. The van der Waals surface area contributed by atoms with E-state index in [9.17, 15) is 0 Å². The van der Waals surface area contributed by atoms with Gasteiger partial charge < -0.3 is 30.5 Å². The molecule has 0 unspecified atom stereocenters. The lowest BCUT2D eigenvalue weighted by molar-refractivity contribution is -0.509. The average Bonchev–Trinajstić information content (AvgIpc) is 2.87. The number of aromatic nitrogens is 4. The van der Waals surface area contributed by atoms with Crippen molar-refractivity contribution in [2.75, 3.05) is 0 Å². The molecule has 35 heavy (non-hydrogen) atoms. The molecule has 1 aliphatic rings. The van der Waals surface area contributed by atoms with Gasteiger partial charge in [0.15, 0.2) is 6.20 Å². The summed E-state index contributed by atoms with van der Waals surface area (Å²) in [4.78, 5) is 16.9. The van der Waals surface area contributed by atoms with Gasteiger partial charge in [0.2, 0.25) is 0 Å². The summed E-state index contributed by atoms with van der Waals surface area (Å²) < 4.78 is 0. The Hall–Kier alpha value is -3.38. The molecule has 176 valence electrons. The zero-order chi connectivity index (χ0) is 22.3. The van der Waals surface area contributed by atoms with Gasteiger partial charge in [-0.1, -0.05) is 59.6 Å². The molecule has 3 aromatic heterocycles. The van der Waals surface area contributed by atoms with Crippen molar-refractivity contribution in [3.8, 4) is 33.6 Å². The van der Waals surface area contributed by atoms with Crippen LogP contribution in [0.5, 0.6) is 0 Å². The molecule has 0 bridgehead atoms. The van der Waals surface area contributed by atoms with Crippen LogP contribution in [0.25, 0.3) is 44.5 Å². The molecule has 5 aromatic rings. The molecular formula is C28H25Cl2N5. The molecule has 0 amide bonds. The molecular weight excluding hydrogens is 477 g/mol. The van der Waals surface area contributed by atoms with Gasteiger partial charge >= 0.3 is 0 Å². The smallest absolute Gasteiger partial charge is 0.283 e. The van der Waals surface area contributed by atoms with E-state index in [1.54, 1.807) is 6.33 Å². The Labute approximate surface area is 216 Å². The fourth-order valence-electron chi connectivity index (χ4n) is 4.63. The summed E-state index contributed by atoms with van der Waals surface area (Å²) >= 11 is 0. The first-order chi connectivity index (χ1) is 16.2. The van der Waals surface area contributed by atoms with Crippen LogP contribution in [0, 0.1) is 0 Å². The third-order valence-corrected chi connectivity index (χ3v) is 6.76. The first-order valence-corrected chi connectivity index (χ1v) is 11.3. The van der Waals surface area contributed by atoms with E-state index in [1.165, 1.54) is 24.8 Å². The molecule has 6 rings (SSSR count). The molecule has 0 radical (unpaired) electrons. The summed E-state index contributed by atoms with van der Waals surface area (Å²) in [7, 11) is 0. The maximum absolute atomic E-state index is 5.08. The molecule has 1 aliphatic carbocycles. The van der Waals surface area contributed by atoms with Crippen LogP contribution in [0.4, 0.5) is 0 Å². The van der Waals surface area contributed by atoms with Crippen molar-refractivity contribution in [1.29, 1.82) is 0 Å². The van der Waals surface area contributed by atoms with Crippen molar-refractivity contribution in [1.82, 2.24) is 15.0 Å². The predicted octanol–water partition coefficient (Wildman–Crippen LogP) is -1.53. The molecule has 2 aromatic carbocycles. The molecule has 1 saturated carbocycles. The van der Waals surface area contributed by atoms with Crippen LogP contribution < -0.4 is 35.5 Å². The molecule has 0 aliphatic heterocycles. The summed E-state index contributed by atoms with van der Waals surface area (Å²) in [6, 6.07) is 23.6. The van der Waals surface area contributed by atoms with Crippen LogP contribution in [-0.4, -0.2) is 15.0 Å². The summed E-state index contributed by atoms with van der Waals surface area (Å²) in [6.45, 7) is 0. The van der Waals surface area contributed by atoms with Gasteiger partial charge in [0.25, 0.3) is 6.33 Å². The largest absolute Gasteiger partial charge is 1.00 e. The Bertz CT molecular complexity index is 1440. The Morgan fingerprint density at radius 1 is 0.829 bits per heavy atom. The fraction of sp³-hybridized carbons (Fsp3) is 0.143. The highest BCUT2D eigenvalue weighted by Gasteiger charge is 2.38. The highest BCUT2D eigenvalue weighted by atomic mass is 35.5. The lowest BCUT2D eigenvalue weighted by atomic mass is 9.72. The highest BCUT2D eigenvalue weighted by Crippen LogP contribution is 2.39. The maximum atomic E-state index is 5.08. The number of nitrogens with one attached hydrogen (secondary N) is 1. The van der Waals surface area contributed by atoms with Gasteiger partial charge in [0.05, 0.1) is 28.7 Å². The molecule has 3 heterocycles. The number of benzene rings is 2. The molecule has 0 atom stereocenters. The third-order valence-electron chi connectivity index (χ3n) is 6.76. The SMILES string of the molecule is [Cl-].[Cl-].[NH3+]C1(c2ccc(-c3nc4cnc(-c5cnc[nH+]c5)cc4cc3-c3ccccc3)cc2)CCC1. The molecule has 0 saturated heterocycles. The van der Waals surface area contributed by atoms with Gasteiger partial charge in [-0.15, -0.1) is 0 Å². The van der Waals surface area contributed by atoms with E-state index in [2.05, 4.69) is 81.3 Å². The minimum absolute atomic E-state index is 0. The number of halogens is 2. The van der Waals surface area contributed by atoms with Crippen LogP contribution >= 0.6 is 0 Å². The molecule has 0 spiro atoms. The van der Waals surface area contributed by atoms with Gasteiger partial charge in [0, 0.05) is 34.9 Å². The van der Waals surface area contributed by atoms with Gasteiger partial charge in [-0.25, -0.2) is 9.97 Å². The fourth-order valence-corrected chi connectivity index (χ4v) is 4.63. The Balaban J connectivity index is 0.00000144. The van der Waals surface area contributed by atoms with E-state index in [-0.39, 0.29) is 30.4 Å². The number of hydrogen-bond donors (Lipinski definition) is 1. The summed E-state index contributed by atoms with van der Waals surface area (Å²) in [6.07, 6.45) is 10.8. The van der Waals surface area contributed by atoms with Crippen LogP contribution in [0.1, 0.15) is 24.8 Å². The van der Waals surface area contributed by atoms with E-state index in [4.69, 9.17) is 4.98 Å². The number of aromatic amines is 1. The van der Waals surface area contributed by atoms with Crippen molar-refractivity contribution in [3.63, 3.8) is 0 Å². The van der Waals surface area contributed by atoms with E-state index >= 15 is 0 Å². The zero-order valence-electron chi connectivity index (χ0n) is 19.1. The van der Waals surface area contributed by atoms with Crippen molar-refractivity contribution < 1.29 is 35.5 Å². The quantitative estimate of drug-likeness (QED) is 0.324. The number of H-pyrrole nitrogens is 1. The number of fused-ring (bicyclic) bond motifs is 1. The van der Waals surface area contributed by atoms with Gasteiger partial charge in [-0.05, 0) is 24.1 Å². The summed E-state index contributed by atoms with van der Waals surface area (Å²) in [5, 5.41) is 1.05. The predicted molar refractivity (Wildman–Crippen MR) is 129 cm³/mol. The minimum atomic E-state index is 0. The molecule has 1 fully saturated rings. The topological polar surface area (TPSA) is 80.5 Å². The van der Waals surface area contributed by atoms with Gasteiger partial charge in [-0.3, -0.25) is 4.98 Å². The van der Waals surface area contributed by atoms with Crippen molar-refractivity contribution >= 4 is 10.9 Å². The highest BCUT2D eigenvalue weighted by molar-refractivity contribution is 5.92. The number of rotatable bonds is 4. The van der Waals surface area contributed by atoms with Crippen LogP contribution in [0.2, 0.25) is 0 Å². The second kappa shape index (κ2) is 10.1. The second-order valence-corrected chi connectivity index (χ2v) is 8.90. The monoisotopic (exact) mass is 501 g/mol. The minimum Gasteiger partial charge on any atom is -1.00 e. The van der Waals surface area contributed by atoms with E-state index < -0.39 is 0 Å². The average molecular weight is 502 g/mol. The first kappa shape index (κ1) is 24.7. The van der Waals surface area contributed by atoms with Crippen LogP contribution in [-0.2, 0) is 5.54 Å². The number of pyridine rings is 2. The van der Waals surface area contributed by atoms with E-state index in [0.717, 1.165) is 44.5 Å². The van der Waals surface area contributed by atoms with Crippen molar-refractivity contribution in [3.05, 3.63) is 97.2 Å². The lowest BCUT2D eigenvalue weighted by Gasteiger charge is -2.34. The maximum Gasteiger partial charge on any atom is 0.283 e. The lowest BCUT2D eigenvalue weighted by Crippen LogP contribution is -3.00. The van der Waals surface area contributed by atoms with Crippen molar-refractivity contribution in [2.45, 2.75) is 24.8 Å². The van der Waals surface area contributed by atoms with E-state index in [1.807, 2.05) is 24.7 Å². The summed E-state index contributed by atoms with van der Waals surface area (Å²) in [5.41, 5.74) is 12.9. The number of nitrogens with zero attached hydrogens (tertiary/aromatic N) is 3. The molecule has 7 heteroatoms. The third kappa shape index (κ3) is 4.63. The first-order valence-electron chi connectivity index (χ1n) is 11.3. The number of quaternary nitrogens is 1. The number of hydrogen-bond acceptors (Lipinski definition) is 3. The second-order valence-electron chi connectivity index (χ2n) is 8.90. The van der Waals surface area contributed by atoms with Crippen LogP contribution in [0.3, 0.4) is 0 Å². The van der Waals surface area contributed by atoms with Crippen LogP contribution in [0.15, 0.2) is 91.6 Å². The Morgan fingerprint density at radius 2 is 1.60 bits per heavy atom. The Kier molecular flexibility index (Phi) is 7.13. The van der Waals surface area contributed by atoms with Gasteiger partial charge in [-0.2, -0.15) is 0 Å². The van der Waals surface area contributed by atoms with E-state index in [0.29, 0.717) is 0 Å². The molecule has 4 N–H and O–H groups in total. The Morgan fingerprint density at radius 3 is 2.26 bits per heavy atom. The van der Waals surface area contributed by atoms with Gasteiger partial charge in [0.1, 0.15) is 11.7 Å². The van der Waals surface area contributed by atoms with Crippen molar-refractivity contribution in [2.24, 2.45) is 0 Å². The summed E-state index contributed by atoms with van der Waals surface area (Å²) in [5.74, 6) is 0.